The molecule has 176 valence electrons. The van der Waals surface area contributed by atoms with Gasteiger partial charge in [0.25, 0.3) is 0 Å². The molecule has 0 aromatic heterocycles. The average molecular weight is 465 g/mol. The highest BCUT2D eigenvalue weighted by molar-refractivity contribution is 6.48. The van der Waals surface area contributed by atoms with E-state index in [9.17, 15) is 22.0 Å². The molecule has 0 N–H and O–H groups in total. The molecule has 0 aliphatic carbocycles. The topological polar surface area (TPSA) is 15.7 Å². The molecule has 1 aromatic rings. The van der Waals surface area contributed by atoms with Crippen molar-refractivity contribution in [1.82, 2.24) is 10.2 Å². The van der Waals surface area contributed by atoms with Crippen LogP contribution in [0.3, 0.4) is 0 Å². The number of hydrogen-bond donors (Lipinski definition) is 0. The van der Waals surface area contributed by atoms with Gasteiger partial charge in [-0.2, -0.15) is 13.2 Å². The summed E-state index contributed by atoms with van der Waals surface area (Å²) >= 11 is 0. The van der Waals surface area contributed by atoms with Crippen molar-refractivity contribution in [3.63, 3.8) is 0 Å². The van der Waals surface area contributed by atoms with Gasteiger partial charge in [0.05, 0.1) is 6.04 Å². The van der Waals surface area contributed by atoms with Crippen molar-refractivity contribution in [3.05, 3.63) is 46.7 Å². The molecule has 1 aromatic carbocycles. The lowest BCUT2D eigenvalue weighted by atomic mass is 9.80. The van der Waals surface area contributed by atoms with Crippen molar-refractivity contribution in [3.8, 4) is 0 Å². The highest BCUT2D eigenvalue weighted by Crippen LogP contribution is 2.47. The third-order valence-electron chi connectivity index (χ3n) is 5.23. The molecule has 0 fully saturated rings. The summed E-state index contributed by atoms with van der Waals surface area (Å²) in [5.74, 6) is 0. The van der Waals surface area contributed by atoms with E-state index < -0.39 is 51.8 Å². The second-order valence-electron chi connectivity index (χ2n) is 9.25. The summed E-state index contributed by atoms with van der Waals surface area (Å²) in [6, 6.07) is 4.99. The van der Waals surface area contributed by atoms with E-state index in [1.807, 2.05) is 65.1 Å². The van der Waals surface area contributed by atoms with Gasteiger partial charge in [0.15, 0.2) is 0 Å². The number of hydroxylamine groups is 1. The molecule has 1 heterocycles. The Morgan fingerprint density at radius 2 is 1.52 bits per heavy atom. The molecule has 0 bridgehead atoms. The van der Waals surface area contributed by atoms with Crippen LogP contribution in [0.5, 0.6) is 0 Å². The highest BCUT2D eigenvalue weighted by atomic mass is 28.3. The Morgan fingerprint density at radius 1 is 1.00 bits per heavy atom. The second kappa shape index (κ2) is 10.00. The van der Waals surface area contributed by atoms with Crippen LogP contribution in [0.4, 0.5) is 22.0 Å². The van der Waals surface area contributed by atoms with Crippen LogP contribution < -0.4 is 0 Å². The number of hydrogen-bond acceptors (Lipinski definition) is 3. The summed E-state index contributed by atoms with van der Waals surface area (Å²) in [6.45, 7) is 8.55. The molecule has 3 nitrogen and oxygen atoms in total. The molecule has 1 aliphatic heterocycles. The summed E-state index contributed by atoms with van der Waals surface area (Å²) < 4.78 is 76.4. The minimum absolute atomic E-state index is 0.0159. The van der Waals surface area contributed by atoms with Crippen LogP contribution in [0.1, 0.15) is 38.8 Å². The van der Waals surface area contributed by atoms with Crippen LogP contribution in [0.15, 0.2) is 35.5 Å². The van der Waals surface area contributed by atoms with Crippen LogP contribution in [0.25, 0.3) is 0 Å². The molecular formula is C22H33F5N2OSi. The minimum Gasteiger partial charge on any atom is -0.329 e. The summed E-state index contributed by atoms with van der Waals surface area (Å²) in [5.41, 5.74) is 0.182. The van der Waals surface area contributed by atoms with E-state index >= 15 is 0 Å². The first kappa shape index (κ1) is 25.8. The van der Waals surface area contributed by atoms with Crippen molar-refractivity contribution >= 4 is 9.04 Å². The Morgan fingerprint density at radius 3 is 1.90 bits per heavy atom. The molecule has 0 spiro atoms. The molecular weight excluding hydrogens is 431 g/mol. The van der Waals surface area contributed by atoms with Crippen molar-refractivity contribution in [1.29, 1.82) is 0 Å². The molecule has 1 unspecified atom stereocenters. The molecule has 9 heteroatoms. The number of aryl methyl sites for hydroxylation is 1. The van der Waals surface area contributed by atoms with E-state index in [1.54, 1.807) is 0 Å². The van der Waals surface area contributed by atoms with E-state index in [1.165, 1.54) is 0 Å². The van der Waals surface area contributed by atoms with Gasteiger partial charge in [0.2, 0.25) is 9.04 Å². The van der Waals surface area contributed by atoms with Crippen LogP contribution >= 0.6 is 0 Å². The van der Waals surface area contributed by atoms with Gasteiger partial charge in [-0.25, -0.2) is 8.78 Å². The lowest BCUT2D eigenvalue weighted by Crippen LogP contribution is -2.55. The van der Waals surface area contributed by atoms with Crippen molar-refractivity contribution < 1.29 is 26.5 Å². The first-order chi connectivity index (χ1) is 14.3. The fraction of sp³-hybridized carbons (Fsp3) is 0.636. The van der Waals surface area contributed by atoms with E-state index in [0.717, 1.165) is 17.2 Å². The van der Waals surface area contributed by atoms with Gasteiger partial charge in [-0.15, -0.1) is 5.17 Å². The number of halogens is 5. The Labute approximate surface area is 183 Å². The summed E-state index contributed by atoms with van der Waals surface area (Å²) in [4.78, 5) is 0. The Bertz CT molecular complexity index is 755. The Kier molecular flexibility index (Phi) is 8.32. The SMILES string of the molecule is CCc1ccc(CC2=C(C(F)(F)F)N(C(CF)CF)N(O[SiH](C)C)C2C(C)(C)C)cc1. The van der Waals surface area contributed by atoms with E-state index in [4.69, 9.17) is 4.53 Å². The maximum absolute atomic E-state index is 14.4. The van der Waals surface area contributed by atoms with Gasteiger partial charge in [-0.3, -0.25) is 5.01 Å². The van der Waals surface area contributed by atoms with Gasteiger partial charge >= 0.3 is 6.18 Å². The van der Waals surface area contributed by atoms with Crippen molar-refractivity contribution in [2.24, 2.45) is 5.41 Å². The molecule has 1 aliphatic rings. The normalized spacial score (nSPS) is 18.7. The molecule has 1 atom stereocenters. The zero-order valence-corrected chi connectivity index (χ0v) is 20.2. The largest absolute Gasteiger partial charge is 0.432 e. The first-order valence-corrected chi connectivity index (χ1v) is 13.4. The Hall–Kier alpha value is -1.45. The molecule has 0 saturated heterocycles. The highest BCUT2D eigenvalue weighted by Gasteiger charge is 2.55. The molecule has 2 rings (SSSR count). The van der Waals surface area contributed by atoms with E-state index in [-0.39, 0.29) is 12.0 Å². The van der Waals surface area contributed by atoms with Gasteiger partial charge < -0.3 is 4.53 Å². The fourth-order valence-corrected chi connectivity index (χ4v) is 4.59. The lowest BCUT2D eigenvalue weighted by molar-refractivity contribution is -0.263. The van der Waals surface area contributed by atoms with Crippen LogP contribution in [0, 0.1) is 5.41 Å². The third-order valence-corrected chi connectivity index (χ3v) is 5.87. The van der Waals surface area contributed by atoms with Gasteiger partial charge in [-0.1, -0.05) is 52.0 Å². The predicted octanol–water partition coefficient (Wildman–Crippen LogP) is 5.78. The fourth-order valence-electron chi connectivity index (χ4n) is 3.94. The summed E-state index contributed by atoms with van der Waals surface area (Å²) in [6.07, 6.45) is -3.95. The predicted molar refractivity (Wildman–Crippen MR) is 115 cm³/mol. The molecule has 0 amide bonds. The summed E-state index contributed by atoms with van der Waals surface area (Å²) in [7, 11) is -1.89. The lowest BCUT2D eigenvalue weighted by Gasteiger charge is -2.43. The molecule has 31 heavy (non-hydrogen) atoms. The maximum atomic E-state index is 14.4. The quantitative estimate of drug-likeness (QED) is 0.358. The third kappa shape index (κ3) is 5.87. The number of benzene rings is 1. The first-order valence-electron chi connectivity index (χ1n) is 10.6. The van der Waals surface area contributed by atoms with Gasteiger partial charge in [0, 0.05) is 0 Å². The average Bonchev–Trinajstić information content (AvgIpc) is 2.97. The number of hydrazine groups is 1. The number of allylic oxidation sites excluding steroid dienone is 1. The van der Waals surface area contributed by atoms with Gasteiger partial charge in [-0.05, 0) is 48.1 Å². The Balaban J connectivity index is 2.71. The molecule has 0 radical (unpaired) electrons. The number of rotatable bonds is 8. The zero-order valence-electron chi connectivity index (χ0n) is 19.1. The number of nitrogens with zero attached hydrogens (tertiary/aromatic N) is 2. The smallest absolute Gasteiger partial charge is 0.329 e. The van der Waals surface area contributed by atoms with Crippen molar-refractivity contribution in [2.45, 2.75) is 71.9 Å². The van der Waals surface area contributed by atoms with E-state index in [0.29, 0.717) is 10.6 Å². The zero-order chi connectivity index (χ0) is 23.6. The second-order valence-corrected chi connectivity index (χ2v) is 11.6. The summed E-state index contributed by atoms with van der Waals surface area (Å²) in [5, 5.41) is 1.82. The number of alkyl halides is 5. The van der Waals surface area contributed by atoms with Crippen LogP contribution in [0.2, 0.25) is 13.1 Å². The van der Waals surface area contributed by atoms with E-state index in [2.05, 4.69) is 0 Å². The van der Waals surface area contributed by atoms with Crippen LogP contribution in [-0.4, -0.2) is 50.8 Å². The van der Waals surface area contributed by atoms with Crippen LogP contribution in [-0.2, 0) is 17.4 Å². The van der Waals surface area contributed by atoms with Gasteiger partial charge in [0.1, 0.15) is 25.1 Å². The minimum atomic E-state index is -4.79. The molecule has 0 saturated carbocycles. The monoisotopic (exact) mass is 464 g/mol. The maximum Gasteiger partial charge on any atom is 0.432 e. The van der Waals surface area contributed by atoms with Crippen molar-refractivity contribution in [2.75, 3.05) is 13.3 Å². The standard InChI is InChI=1S/C22H33F5N2OSi/c1-7-15-8-10-16(11-9-15)12-18-19(21(2,3)4)29(30-31(5)6)28(17(13-23)14-24)20(18)22(25,26)27/h8-11,17,19,31H,7,12-14H2,1-6H3.